The normalized spacial score (nSPS) is 11.9. The van der Waals surface area contributed by atoms with Gasteiger partial charge in [0.1, 0.15) is 10.8 Å². The second kappa shape index (κ2) is 12.9. The summed E-state index contributed by atoms with van der Waals surface area (Å²) in [7, 11) is -2.52. The molecule has 0 spiro atoms. The summed E-state index contributed by atoms with van der Waals surface area (Å²) in [4.78, 5) is 29.3. The monoisotopic (exact) mass is 604 g/mol. The topological polar surface area (TPSA) is 145 Å². The van der Waals surface area contributed by atoms with E-state index in [1.165, 1.54) is 24.5 Å². The zero-order valence-corrected chi connectivity index (χ0v) is 26.0. The van der Waals surface area contributed by atoms with Crippen molar-refractivity contribution in [1.29, 1.82) is 0 Å². The van der Waals surface area contributed by atoms with Crippen LogP contribution in [0.5, 0.6) is 5.75 Å². The number of methoxy groups -OCH3 is 1. The molecule has 0 saturated heterocycles. The van der Waals surface area contributed by atoms with Gasteiger partial charge >= 0.3 is 12.2 Å². The maximum absolute atomic E-state index is 13.5. The van der Waals surface area contributed by atoms with Crippen LogP contribution in [-0.2, 0) is 19.5 Å². The highest BCUT2D eigenvalue weighted by Gasteiger charge is 2.27. The summed E-state index contributed by atoms with van der Waals surface area (Å²) < 4.78 is 45.4. The number of nitrogens with zero attached hydrogens (tertiary/aromatic N) is 1. The largest absolute Gasteiger partial charge is 0.495 e. The first-order chi connectivity index (χ1) is 19.1. The Balaban J connectivity index is 2.00. The predicted molar refractivity (Wildman–Crippen MR) is 160 cm³/mol. The molecule has 0 saturated carbocycles. The predicted octanol–water partition coefficient (Wildman–Crippen LogP) is 6.48. The van der Waals surface area contributed by atoms with Crippen LogP contribution in [0.15, 0.2) is 47.5 Å². The molecule has 11 nitrogen and oxygen atoms in total. The first-order valence-corrected chi connectivity index (χ1v) is 15.2. The van der Waals surface area contributed by atoms with E-state index in [2.05, 4.69) is 20.3 Å². The second-order valence-corrected chi connectivity index (χ2v) is 13.4. The molecule has 2 amide bonds. The molecule has 222 valence electrons. The van der Waals surface area contributed by atoms with Crippen molar-refractivity contribution in [2.24, 2.45) is 0 Å². The van der Waals surface area contributed by atoms with Crippen molar-refractivity contribution in [3.05, 3.63) is 42.6 Å². The van der Waals surface area contributed by atoms with Crippen LogP contribution in [0.2, 0.25) is 0 Å². The van der Waals surface area contributed by atoms with Gasteiger partial charge in [0.05, 0.1) is 34.8 Å². The van der Waals surface area contributed by atoms with Crippen LogP contribution in [0.25, 0.3) is 21.0 Å². The molecule has 0 radical (unpaired) electrons. The lowest BCUT2D eigenvalue weighted by Crippen LogP contribution is -2.40. The molecule has 41 heavy (non-hydrogen) atoms. The van der Waals surface area contributed by atoms with Gasteiger partial charge in [0.15, 0.2) is 0 Å². The van der Waals surface area contributed by atoms with Crippen LogP contribution in [0, 0.1) is 0 Å². The Morgan fingerprint density at radius 3 is 2.15 bits per heavy atom. The van der Waals surface area contributed by atoms with Gasteiger partial charge in [-0.25, -0.2) is 27.7 Å². The van der Waals surface area contributed by atoms with Crippen molar-refractivity contribution in [3.63, 3.8) is 0 Å². The lowest BCUT2D eigenvalue weighted by molar-refractivity contribution is 0.129. The number of nitrogens with one attached hydrogen (secondary N) is 3. The Labute approximate surface area is 244 Å². The van der Waals surface area contributed by atoms with Crippen LogP contribution in [-0.4, -0.2) is 50.4 Å². The van der Waals surface area contributed by atoms with Gasteiger partial charge < -0.3 is 14.2 Å². The average Bonchev–Trinajstić information content (AvgIpc) is 3.32. The molecule has 1 heterocycles. The van der Waals surface area contributed by atoms with Gasteiger partial charge in [-0.2, -0.15) is 0 Å². The number of benzene rings is 2. The van der Waals surface area contributed by atoms with E-state index >= 15 is 0 Å². The number of hydrogen-bond donors (Lipinski definition) is 3. The van der Waals surface area contributed by atoms with Gasteiger partial charge in [-0.15, -0.1) is 11.3 Å². The van der Waals surface area contributed by atoms with Crippen molar-refractivity contribution >= 4 is 44.9 Å². The van der Waals surface area contributed by atoms with E-state index in [0.29, 0.717) is 32.4 Å². The summed E-state index contributed by atoms with van der Waals surface area (Å²) in [6.07, 6.45) is -0.322. The minimum absolute atomic E-state index is 0.0224. The molecule has 0 aliphatic carbocycles. The van der Waals surface area contributed by atoms with E-state index < -0.39 is 27.7 Å². The fourth-order valence-electron chi connectivity index (χ4n) is 3.66. The first-order valence-electron chi connectivity index (χ1n) is 12.9. The van der Waals surface area contributed by atoms with Crippen molar-refractivity contribution in [2.45, 2.75) is 71.1 Å². The smallest absolute Gasteiger partial charge is 0.411 e. The van der Waals surface area contributed by atoms with E-state index in [9.17, 15) is 18.0 Å². The lowest BCUT2D eigenvalue weighted by Gasteiger charge is -2.22. The van der Waals surface area contributed by atoms with E-state index in [1.54, 1.807) is 85.0 Å². The van der Waals surface area contributed by atoms with E-state index in [-0.39, 0.29) is 22.8 Å². The van der Waals surface area contributed by atoms with Gasteiger partial charge in [0.25, 0.3) is 0 Å². The minimum Gasteiger partial charge on any atom is -0.495 e. The second-order valence-electron chi connectivity index (χ2n) is 10.7. The third-order valence-corrected chi connectivity index (χ3v) is 7.98. The van der Waals surface area contributed by atoms with Crippen LogP contribution in [0.1, 0.15) is 48.5 Å². The maximum atomic E-state index is 13.5. The van der Waals surface area contributed by atoms with Gasteiger partial charge in [0, 0.05) is 28.6 Å². The molecule has 13 heteroatoms. The summed E-state index contributed by atoms with van der Waals surface area (Å²) in [5, 5.41) is 5.84. The quantitative estimate of drug-likeness (QED) is 0.252. The lowest BCUT2D eigenvalue weighted by atomic mass is 10.1. The Bertz CT molecular complexity index is 1510. The number of hydrogen-bond acceptors (Lipinski definition) is 9. The molecular weight excluding hydrogens is 568 g/mol. The van der Waals surface area contributed by atoms with E-state index in [4.69, 9.17) is 14.2 Å². The average molecular weight is 605 g/mol. The van der Waals surface area contributed by atoms with Crippen molar-refractivity contribution in [1.82, 2.24) is 9.71 Å². The van der Waals surface area contributed by atoms with Crippen LogP contribution in [0.3, 0.4) is 0 Å². The third kappa shape index (κ3) is 8.90. The van der Waals surface area contributed by atoms with Crippen LogP contribution < -0.4 is 20.1 Å². The third-order valence-electron chi connectivity index (χ3n) is 5.10. The number of thiazole rings is 1. The van der Waals surface area contributed by atoms with Gasteiger partial charge in [-0.05, 0) is 78.8 Å². The number of amides is 2. The number of carbonyl (C=O) groups excluding carboxylic acids is 2. The van der Waals surface area contributed by atoms with Crippen LogP contribution >= 0.6 is 11.3 Å². The summed E-state index contributed by atoms with van der Waals surface area (Å²) in [6, 6.07) is 9.78. The van der Waals surface area contributed by atoms with Crippen molar-refractivity contribution in [2.75, 3.05) is 17.7 Å². The SMILES string of the molecule is COc1cc(-c2ncc(-c3ccc(NC(=O)OC(C)C)cc3S(=O)(=O)NC(C)(C)C)s2)ccc1NC(=O)OC(C)C. The fourth-order valence-corrected chi connectivity index (χ4v) is 6.34. The molecular formula is C28H36N4O7S2. The standard InChI is InChI=1S/C28H36N4O7S2/c1-16(2)38-26(33)30-19-10-11-20(24(14-19)41(35,36)32-28(5,6)7)23-15-29-25(40-23)18-9-12-21(22(13-18)37-8)31-27(34)39-17(3)4/h9-17,32H,1-8H3,(H,30,33)(H,31,34). The highest BCUT2D eigenvalue weighted by atomic mass is 32.2. The molecule has 3 N–H and O–H groups in total. The fraction of sp³-hybridized carbons (Fsp3) is 0.393. The Morgan fingerprint density at radius 2 is 1.56 bits per heavy atom. The van der Waals surface area contributed by atoms with E-state index in [0.717, 1.165) is 0 Å². The number of anilines is 2. The maximum Gasteiger partial charge on any atom is 0.411 e. The van der Waals surface area contributed by atoms with Crippen LogP contribution in [0.4, 0.5) is 21.0 Å². The number of sulfonamides is 1. The van der Waals surface area contributed by atoms with Gasteiger partial charge in [0.2, 0.25) is 10.0 Å². The zero-order valence-electron chi connectivity index (χ0n) is 24.3. The zero-order chi connectivity index (χ0) is 30.5. The first kappa shape index (κ1) is 31.8. The summed E-state index contributed by atoms with van der Waals surface area (Å²) in [6.45, 7) is 12.2. The Hall–Kier alpha value is -3.68. The molecule has 0 aliphatic rings. The van der Waals surface area contributed by atoms with Gasteiger partial charge in [-0.1, -0.05) is 6.07 Å². The summed E-state index contributed by atoms with van der Waals surface area (Å²) in [5.41, 5.74) is 1.06. The molecule has 0 bridgehead atoms. The molecule has 0 fully saturated rings. The molecule has 3 aromatic rings. The van der Waals surface area contributed by atoms with Gasteiger partial charge in [-0.3, -0.25) is 10.6 Å². The Kier molecular flexibility index (Phi) is 10.0. The van der Waals surface area contributed by atoms with Crippen molar-refractivity contribution < 1.29 is 32.2 Å². The summed E-state index contributed by atoms with van der Waals surface area (Å²) >= 11 is 1.28. The number of ether oxygens (including phenoxy) is 3. The molecule has 2 aromatic carbocycles. The number of carbonyl (C=O) groups is 2. The molecule has 0 atom stereocenters. The van der Waals surface area contributed by atoms with Crippen molar-refractivity contribution in [3.8, 4) is 26.8 Å². The Morgan fingerprint density at radius 1 is 0.927 bits per heavy atom. The number of rotatable bonds is 9. The summed E-state index contributed by atoms with van der Waals surface area (Å²) in [5.74, 6) is 0.404. The molecule has 1 aromatic heterocycles. The van der Waals surface area contributed by atoms with E-state index in [1.807, 2.05) is 0 Å². The minimum atomic E-state index is -4.01. The molecule has 0 aliphatic heterocycles. The highest BCUT2D eigenvalue weighted by Crippen LogP contribution is 2.39. The molecule has 3 rings (SSSR count). The number of aromatic nitrogens is 1. The molecule has 0 unspecified atom stereocenters. The highest BCUT2D eigenvalue weighted by molar-refractivity contribution is 7.89.